The number of Topliss-reactive ketones (excluding diaryl/α,β-unsaturated/α-hetero) is 1. The fourth-order valence-electron chi connectivity index (χ4n) is 2.63. The highest BCUT2D eigenvalue weighted by molar-refractivity contribution is 6.03. The Balaban J connectivity index is 2.22. The molecule has 0 bridgehead atoms. The van der Waals surface area contributed by atoms with Crippen LogP contribution in [0.15, 0.2) is 60.7 Å². The zero-order chi connectivity index (χ0) is 14.8. The molecule has 3 aromatic rings. The molecule has 104 valence electrons. The van der Waals surface area contributed by atoms with Crippen molar-refractivity contribution in [1.82, 2.24) is 0 Å². The Morgan fingerprint density at radius 2 is 1.76 bits per heavy atom. The standard InChI is InChI=1S/C19H17NO/c1-2-19(21)17-12-14(10-11-18(17)20)16-9-5-7-13-6-3-4-8-15(13)16/h3-12H,2,20H2,1H3. The van der Waals surface area contributed by atoms with Gasteiger partial charge in [0.05, 0.1) is 0 Å². The minimum Gasteiger partial charge on any atom is -0.398 e. The second kappa shape index (κ2) is 5.41. The van der Waals surface area contributed by atoms with Gasteiger partial charge in [0, 0.05) is 17.7 Å². The van der Waals surface area contributed by atoms with Gasteiger partial charge in [0.2, 0.25) is 0 Å². The van der Waals surface area contributed by atoms with E-state index in [1.54, 1.807) is 0 Å². The summed E-state index contributed by atoms with van der Waals surface area (Å²) in [7, 11) is 0. The second-order valence-electron chi connectivity index (χ2n) is 5.11. The number of rotatable bonds is 3. The van der Waals surface area contributed by atoms with Gasteiger partial charge in [0.25, 0.3) is 0 Å². The molecule has 3 rings (SSSR count). The predicted molar refractivity (Wildman–Crippen MR) is 88.4 cm³/mol. The highest BCUT2D eigenvalue weighted by Crippen LogP contribution is 2.30. The van der Waals surface area contributed by atoms with Crippen molar-refractivity contribution in [2.24, 2.45) is 0 Å². The molecule has 2 N–H and O–H groups in total. The lowest BCUT2D eigenvalue weighted by Crippen LogP contribution is -2.02. The Hall–Kier alpha value is -2.61. The predicted octanol–water partition coefficient (Wildman–Crippen LogP) is 4.68. The quantitative estimate of drug-likeness (QED) is 0.557. The van der Waals surface area contributed by atoms with E-state index in [0.717, 1.165) is 11.1 Å². The van der Waals surface area contributed by atoms with E-state index in [-0.39, 0.29) is 5.78 Å². The van der Waals surface area contributed by atoms with Crippen molar-refractivity contribution in [3.05, 3.63) is 66.2 Å². The van der Waals surface area contributed by atoms with Crippen molar-refractivity contribution in [3.8, 4) is 11.1 Å². The number of nitrogens with two attached hydrogens (primary N) is 1. The first-order valence-electron chi connectivity index (χ1n) is 7.11. The van der Waals surface area contributed by atoms with Gasteiger partial charge < -0.3 is 5.73 Å². The van der Waals surface area contributed by atoms with Crippen molar-refractivity contribution in [2.45, 2.75) is 13.3 Å². The van der Waals surface area contributed by atoms with Gasteiger partial charge in [-0.1, -0.05) is 55.5 Å². The molecule has 0 spiro atoms. The van der Waals surface area contributed by atoms with Gasteiger partial charge in [-0.25, -0.2) is 0 Å². The van der Waals surface area contributed by atoms with E-state index in [2.05, 4.69) is 24.3 Å². The Kier molecular flexibility index (Phi) is 3.44. The fraction of sp³-hybridized carbons (Fsp3) is 0.105. The number of fused-ring (bicyclic) bond motifs is 1. The van der Waals surface area contributed by atoms with Gasteiger partial charge in [0.1, 0.15) is 0 Å². The molecule has 0 fully saturated rings. The van der Waals surface area contributed by atoms with Crippen molar-refractivity contribution in [2.75, 3.05) is 5.73 Å². The summed E-state index contributed by atoms with van der Waals surface area (Å²) in [5.41, 5.74) is 9.25. The number of hydrogen-bond donors (Lipinski definition) is 1. The summed E-state index contributed by atoms with van der Waals surface area (Å²) in [6.07, 6.45) is 0.461. The first-order chi connectivity index (χ1) is 10.2. The van der Waals surface area contributed by atoms with Gasteiger partial charge in [0.15, 0.2) is 5.78 Å². The Bertz CT molecular complexity index is 815. The van der Waals surface area contributed by atoms with Crippen LogP contribution in [0.2, 0.25) is 0 Å². The second-order valence-corrected chi connectivity index (χ2v) is 5.11. The maximum atomic E-state index is 12.0. The van der Waals surface area contributed by atoms with Gasteiger partial charge in [-0.15, -0.1) is 0 Å². The summed E-state index contributed by atoms with van der Waals surface area (Å²) in [6, 6.07) is 20.2. The van der Waals surface area contributed by atoms with Gasteiger partial charge in [-0.3, -0.25) is 4.79 Å². The number of nitrogen functional groups attached to an aromatic ring is 1. The Morgan fingerprint density at radius 3 is 2.57 bits per heavy atom. The van der Waals surface area contributed by atoms with Crippen LogP contribution < -0.4 is 5.73 Å². The molecule has 0 unspecified atom stereocenters. The maximum Gasteiger partial charge on any atom is 0.164 e. The maximum absolute atomic E-state index is 12.0. The van der Waals surface area contributed by atoms with Gasteiger partial charge >= 0.3 is 0 Å². The minimum atomic E-state index is 0.0783. The van der Waals surface area contributed by atoms with Crippen LogP contribution in [0.4, 0.5) is 5.69 Å². The normalized spacial score (nSPS) is 10.7. The van der Waals surface area contributed by atoms with Crippen molar-refractivity contribution >= 4 is 22.2 Å². The summed E-state index contributed by atoms with van der Waals surface area (Å²) >= 11 is 0. The number of benzene rings is 3. The third-order valence-electron chi connectivity index (χ3n) is 3.78. The average molecular weight is 275 g/mol. The molecule has 21 heavy (non-hydrogen) atoms. The lowest BCUT2D eigenvalue weighted by molar-refractivity contribution is 0.0989. The van der Waals surface area contributed by atoms with E-state index in [9.17, 15) is 4.79 Å². The molecule has 2 nitrogen and oxygen atoms in total. The summed E-state index contributed by atoms with van der Waals surface area (Å²) in [5, 5.41) is 2.37. The lowest BCUT2D eigenvalue weighted by atomic mass is 9.95. The van der Waals surface area contributed by atoms with E-state index in [1.165, 1.54) is 10.8 Å². The number of carbonyl (C=O) groups is 1. The number of hydrogen-bond acceptors (Lipinski definition) is 2. The summed E-state index contributed by atoms with van der Waals surface area (Å²) in [5.74, 6) is 0.0783. The monoisotopic (exact) mass is 275 g/mol. The largest absolute Gasteiger partial charge is 0.398 e. The minimum absolute atomic E-state index is 0.0783. The molecule has 0 heterocycles. The molecule has 0 aliphatic rings. The summed E-state index contributed by atoms with van der Waals surface area (Å²) in [6.45, 7) is 1.85. The van der Waals surface area contributed by atoms with Crippen molar-refractivity contribution < 1.29 is 4.79 Å². The molecule has 0 saturated carbocycles. The van der Waals surface area contributed by atoms with E-state index >= 15 is 0 Å². The highest BCUT2D eigenvalue weighted by atomic mass is 16.1. The summed E-state index contributed by atoms with van der Waals surface area (Å²) < 4.78 is 0. The Morgan fingerprint density at radius 1 is 1.00 bits per heavy atom. The molecule has 0 atom stereocenters. The Labute approximate surface area is 124 Å². The fourth-order valence-corrected chi connectivity index (χ4v) is 2.63. The number of ketones is 1. The van der Waals surface area contributed by atoms with E-state index in [4.69, 9.17) is 5.73 Å². The van der Waals surface area contributed by atoms with E-state index in [0.29, 0.717) is 17.7 Å². The number of carbonyl (C=O) groups excluding carboxylic acids is 1. The average Bonchev–Trinajstić information content (AvgIpc) is 2.54. The smallest absolute Gasteiger partial charge is 0.164 e. The van der Waals surface area contributed by atoms with Crippen molar-refractivity contribution in [3.63, 3.8) is 0 Å². The van der Waals surface area contributed by atoms with Crippen LogP contribution in [0.3, 0.4) is 0 Å². The molecule has 0 aliphatic carbocycles. The first-order valence-corrected chi connectivity index (χ1v) is 7.11. The van der Waals surface area contributed by atoms with Gasteiger partial charge in [-0.05, 0) is 34.0 Å². The van der Waals surface area contributed by atoms with Crippen LogP contribution >= 0.6 is 0 Å². The van der Waals surface area contributed by atoms with Crippen LogP contribution in [0.25, 0.3) is 21.9 Å². The topological polar surface area (TPSA) is 43.1 Å². The number of anilines is 1. The van der Waals surface area contributed by atoms with Crippen LogP contribution in [0.5, 0.6) is 0 Å². The lowest BCUT2D eigenvalue weighted by Gasteiger charge is -2.10. The zero-order valence-corrected chi connectivity index (χ0v) is 12.0. The molecular formula is C19H17NO. The highest BCUT2D eigenvalue weighted by Gasteiger charge is 2.10. The SMILES string of the molecule is CCC(=O)c1cc(-c2cccc3ccccc23)ccc1N. The van der Waals surface area contributed by atoms with Crippen LogP contribution in [0, 0.1) is 0 Å². The molecule has 0 radical (unpaired) electrons. The van der Waals surface area contributed by atoms with Crippen LogP contribution in [-0.2, 0) is 0 Å². The molecular weight excluding hydrogens is 258 g/mol. The molecule has 2 heteroatoms. The molecule has 3 aromatic carbocycles. The summed E-state index contributed by atoms with van der Waals surface area (Å²) in [4.78, 5) is 12.0. The van der Waals surface area contributed by atoms with E-state index in [1.807, 2.05) is 43.3 Å². The van der Waals surface area contributed by atoms with Crippen LogP contribution in [0.1, 0.15) is 23.7 Å². The van der Waals surface area contributed by atoms with E-state index < -0.39 is 0 Å². The van der Waals surface area contributed by atoms with Crippen molar-refractivity contribution in [1.29, 1.82) is 0 Å². The molecule has 0 saturated heterocycles. The third kappa shape index (κ3) is 2.40. The van der Waals surface area contributed by atoms with Gasteiger partial charge in [-0.2, -0.15) is 0 Å². The third-order valence-corrected chi connectivity index (χ3v) is 3.78. The molecule has 0 amide bonds. The molecule has 0 aliphatic heterocycles. The molecule has 0 aromatic heterocycles. The first kappa shape index (κ1) is 13.4. The van der Waals surface area contributed by atoms with Crippen LogP contribution in [-0.4, -0.2) is 5.78 Å². The zero-order valence-electron chi connectivity index (χ0n) is 12.0.